The second kappa shape index (κ2) is 15.0. The number of halogens is 2. The van der Waals surface area contributed by atoms with Crippen LogP contribution in [0.25, 0.3) is 0 Å². The van der Waals surface area contributed by atoms with Crippen molar-refractivity contribution in [1.29, 1.82) is 0 Å². The summed E-state index contributed by atoms with van der Waals surface area (Å²) in [6.07, 6.45) is 2.12. The molecule has 0 fully saturated rings. The van der Waals surface area contributed by atoms with Crippen molar-refractivity contribution in [3.05, 3.63) is 0 Å². The largest absolute Gasteiger partial charge is 0.504 e. The lowest BCUT2D eigenvalue weighted by molar-refractivity contribution is -0.112. The van der Waals surface area contributed by atoms with E-state index in [1.165, 1.54) is 0 Å². The minimum absolute atomic E-state index is 0.142. The van der Waals surface area contributed by atoms with Gasteiger partial charge in [0.25, 0.3) is 0 Å². The summed E-state index contributed by atoms with van der Waals surface area (Å²) in [6, 6.07) is 0. The van der Waals surface area contributed by atoms with Crippen LogP contribution in [-0.2, 0) is 22.9 Å². The molecule has 0 radical (unpaired) electrons. The minimum Gasteiger partial charge on any atom is -0.374 e. The molecule has 0 aromatic carbocycles. The van der Waals surface area contributed by atoms with Gasteiger partial charge in [0.2, 0.25) is 10.5 Å². The third-order valence-electron chi connectivity index (χ3n) is 4.07. The average Bonchev–Trinajstić information content (AvgIpc) is 2.57. The van der Waals surface area contributed by atoms with Crippen LogP contribution in [0.3, 0.4) is 0 Å². The molecule has 6 nitrogen and oxygen atoms in total. The first-order chi connectivity index (χ1) is 12.3. The maximum absolute atomic E-state index is 11.1. The van der Waals surface area contributed by atoms with Crippen molar-refractivity contribution in [2.24, 2.45) is 0 Å². The number of hydrogen-bond acceptors (Lipinski definition) is 6. The molecule has 0 spiro atoms. The van der Waals surface area contributed by atoms with Crippen LogP contribution in [0, 0.1) is 0 Å². The molecule has 0 aromatic heterocycles. The van der Waals surface area contributed by atoms with Gasteiger partial charge in [0.15, 0.2) is 0 Å². The van der Waals surface area contributed by atoms with Crippen LogP contribution in [0.5, 0.6) is 0 Å². The first-order valence-corrected chi connectivity index (χ1v) is 11.9. The summed E-state index contributed by atoms with van der Waals surface area (Å²) >= 11 is 10.9. The summed E-state index contributed by atoms with van der Waals surface area (Å²) in [5.74, 6) is 0. The lowest BCUT2D eigenvalue weighted by Gasteiger charge is -2.36. The van der Waals surface area contributed by atoms with Gasteiger partial charge in [0.05, 0.1) is 0 Å². The summed E-state index contributed by atoms with van der Waals surface area (Å²) in [6.45, 7) is 11.2. The van der Waals surface area contributed by atoms with Gasteiger partial charge in [-0.25, -0.2) is 0 Å². The quantitative estimate of drug-likeness (QED) is 0.258. The van der Waals surface area contributed by atoms with Crippen molar-refractivity contribution < 1.29 is 22.9 Å². The summed E-state index contributed by atoms with van der Waals surface area (Å²) in [4.78, 5) is 24.2. The van der Waals surface area contributed by atoms with Gasteiger partial charge in [0.1, 0.15) is 0 Å². The highest BCUT2D eigenvalue weighted by molar-refractivity contribution is 6.64. The molecule has 0 aliphatic heterocycles. The topological polar surface area (TPSA) is 65.1 Å². The predicted molar refractivity (Wildman–Crippen MR) is 107 cm³/mol. The molecule has 0 rings (SSSR count). The van der Waals surface area contributed by atoms with Crippen LogP contribution in [0.1, 0.15) is 53.4 Å². The first kappa shape index (κ1) is 26.0. The Morgan fingerprint density at radius 1 is 0.846 bits per heavy atom. The zero-order valence-electron chi connectivity index (χ0n) is 16.4. The van der Waals surface area contributed by atoms with Gasteiger partial charge in [-0.05, 0) is 63.4 Å². The second-order valence-corrected chi connectivity index (χ2v) is 9.58. The monoisotopic (exact) mass is 429 g/mol. The smallest absolute Gasteiger partial charge is 0.374 e. The van der Waals surface area contributed by atoms with E-state index in [0.717, 1.165) is 12.8 Å². The van der Waals surface area contributed by atoms with Crippen LogP contribution >= 0.6 is 23.2 Å². The molecule has 1 atom stereocenters. The van der Waals surface area contributed by atoms with Crippen LogP contribution in [0.2, 0.25) is 5.54 Å². The number of hydrogen-bond donors (Lipinski definition) is 0. The lowest BCUT2D eigenvalue weighted by Crippen LogP contribution is -2.51. The van der Waals surface area contributed by atoms with Crippen LogP contribution in [0.15, 0.2) is 0 Å². The van der Waals surface area contributed by atoms with Crippen LogP contribution < -0.4 is 0 Å². The fourth-order valence-electron chi connectivity index (χ4n) is 2.88. The molecule has 0 heterocycles. The van der Waals surface area contributed by atoms with Crippen molar-refractivity contribution in [3.63, 3.8) is 0 Å². The zero-order valence-corrected chi connectivity index (χ0v) is 18.9. The van der Waals surface area contributed by atoms with E-state index >= 15 is 0 Å². The zero-order chi connectivity index (χ0) is 20.0. The predicted octanol–water partition coefficient (Wildman–Crippen LogP) is 3.82. The third-order valence-corrected chi connectivity index (χ3v) is 8.22. The Labute approximate surface area is 168 Å². The SMILES string of the molecule is CCO[Si](OCC)(OCC)C(CC)CCN(CCC(=O)Cl)CCC(=O)Cl. The summed E-state index contributed by atoms with van der Waals surface area (Å²) < 4.78 is 18.1. The first-order valence-electron chi connectivity index (χ1n) is 9.35. The molecule has 9 heteroatoms. The molecule has 0 amide bonds. The molecule has 0 N–H and O–H groups in total. The Morgan fingerprint density at radius 2 is 1.27 bits per heavy atom. The lowest BCUT2D eigenvalue weighted by atomic mass is 10.2. The molecule has 154 valence electrons. The highest BCUT2D eigenvalue weighted by Gasteiger charge is 2.47. The van der Waals surface area contributed by atoms with E-state index in [0.29, 0.717) is 39.5 Å². The third kappa shape index (κ3) is 10.3. The Morgan fingerprint density at radius 3 is 1.58 bits per heavy atom. The van der Waals surface area contributed by atoms with Gasteiger partial charge in [0, 0.05) is 51.3 Å². The number of rotatable bonds is 17. The van der Waals surface area contributed by atoms with Crippen LogP contribution in [-0.4, -0.2) is 63.6 Å². The number of nitrogens with zero attached hydrogens (tertiary/aromatic N) is 1. The number of carbonyl (C=O) groups excluding carboxylic acids is 2. The van der Waals surface area contributed by atoms with E-state index in [9.17, 15) is 9.59 Å². The summed E-state index contributed by atoms with van der Waals surface area (Å²) in [5, 5.41) is -0.776. The molecule has 0 saturated carbocycles. The van der Waals surface area contributed by atoms with Crippen molar-refractivity contribution >= 4 is 42.5 Å². The Balaban J connectivity index is 5.05. The van der Waals surface area contributed by atoms with Gasteiger partial charge in [-0.1, -0.05) is 6.92 Å². The molecule has 0 bridgehead atoms. The average molecular weight is 430 g/mol. The minimum atomic E-state index is -2.79. The van der Waals surface area contributed by atoms with Gasteiger partial charge < -0.3 is 18.2 Å². The van der Waals surface area contributed by atoms with Crippen molar-refractivity contribution in [2.45, 2.75) is 58.9 Å². The van der Waals surface area contributed by atoms with E-state index in [2.05, 4.69) is 6.92 Å². The molecule has 26 heavy (non-hydrogen) atoms. The molecular formula is C17H33Cl2NO5Si. The van der Waals surface area contributed by atoms with Crippen molar-refractivity contribution in [3.8, 4) is 0 Å². The van der Waals surface area contributed by atoms with Crippen molar-refractivity contribution in [2.75, 3.05) is 39.5 Å². The molecule has 0 aromatic rings. The number of carbonyl (C=O) groups is 2. The van der Waals surface area contributed by atoms with E-state index in [1.54, 1.807) is 0 Å². The standard InChI is InChI=1S/C17H33Cl2NO5Si/c1-5-15(26(23-6-2,24-7-3)25-8-4)9-12-20(13-10-16(18)21)14-11-17(19)22/h15H,5-14H2,1-4H3. The van der Waals surface area contributed by atoms with Gasteiger partial charge in [-0.15, -0.1) is 0 Å². The van der Waals surface area contributed by atoms with E-state index in [-0.39, 0.29) is 28.9 Å². The highest BCUT2D eigenvalue weighted by Crippen LogP contribution is 2.32. The van der Waals surface area contributed by atoms with E-state index in [4.69, 9.17) is 36.5 Å². The fraction of sp³-hybridized carbons (Fsp3) is 0.882. The molecule has 1 unspecified atom stereocenters. The van der Waals surface area contributed by atoms with E-state index in [1.807, 2.05) is 25.7 Å². The van der Waals surface area contributed by atoms with Gasteiger partial charge in [-0.3, -0.25) is 9.59 Å². The van der Waals surface area contributed by atoms with E-state index < -0.39 is 8.80 Å². The molecule has 0 saturated heterocycles. The molecular weight excluding hydrogens is 397 g/mol. The Hall–Kier alpha value is -0.0231. The molecule has 0 aliphatic carbocycles. The fourth-order valence-corrected chi connectivity index (χ4v) is 6.19. The maximum atomic E-state index is 11.1. The Bertz CT molecular complexity index is 380. The maximum Gasteiger partial charge on any atom is 0.504 e. The van der Waals surface area contributed by atoms with Gasteiger partial charge in [-0.2, -0.15) is 0 Å². The molecule has 0 aliphatic rings. The second-order valence-electron chi connectivity index (χ2n) is 5.85. The summed E-state index contributed by atoms with van der Waals surface area (Å²) in [7, 11) is -2.79. The Kier molecular flexibility index (Phi) is 15.0. The van der Waals surface area contributed by atoms with Crippen molar-refractivity contribution in [1.82, 2.24) is 4.90 Å². The normalized spacial score (nSPS) is 13.2. The summed E-state index contributed by atoms with van der Waals surface area (Å²) in [5.41, 5.74) is 0.142. The highest BCUT2D eigenvalue weighted by atomic mass is 35.5. The van der Waals surface area contributed by atoms with Crippen LogP contribution in [0.4, 0.5) is 0 Å². The van der Waals surface area contributed by atoms with Gasteiger partial charge >= 0.3 is 8.80 Å².